The number of nitrogens with zero attached hydrogens (tertiary/aromatic N) is 1. The SMILES string of the molecule is Cc1cccc(C#N)c1NCc1ccc(O)cc1. The molecule has 0 heterocycles. The molecule has 2 aromatic rings. The van der Waals surface area contributed by atoms with E-state index in [1.807, 2.05) is 31.2 Å². The number of nitriles is 1. The molecular weight excluding hydrogens is 224 g/mol. The fourth-order valence-electron chi connectivity index (χ4n) is 1.80. The van der Waals surface area contributed by atoms with E-state index in [4.69, 9.17) is 5.26 Å². The van der Waals surface area contributed by atoms with Gasteiger partial charge < -0.3 is 10.4 Å². The molecule has 0 saturated carbocycles. The van der Waals surface area contributed by atoms with Crippen LogP contribution in [-0.2, 0) is 6.54 Å². The minimum atomic E-state index is 0.257. The van der Waals surface area contributed by atoms with Crippen LogP contribution in [0, 0.1) is 18.3 Å². The van der Waals surface area contributed by atoms with Crippen molar-refractivity contribution in [2.75, 3.05) is 5.32 Å². The van der Waals surface area contributed by atoms with Gasteiger partial charge in [0.15, 0.2) is 0 Å². The van der Waals surface area contributed by atoms with Gasteiger partial charge in [-0.15, -0.1) is 0 Å². The summed E-state index contributed by atoms with van der Waals surface area (Å²) in [6.07, 6.45) is 0. The van der Waals surface area contributed by atoms with Crippen LogP contribution >= 0.6 is 0 Å². The molecule has 2 rings (SSSR count). The average molecular weight is 238 g/mol. The number of para-hydroxylation sites is 1. The topological polar surface area (TPSA) is 56.0 Å². The zero-order valence-corrected chi connectivity index (χ0v) is 10.1. The highest BCUT2D eigenvalue weighted by atomic mass is 16.3. The molecule has 18 heavy (non-hydrogen) atoms. The highest BCUT2D eigenvalue weighted by Gasteiger charge is 2.04. The third kappa shape index (κ3) is 2.61. The number of rotatable bonds is 3. The molecule has 0 amide bonds. The van der Waals surface area contributed by atoms with Crippen LogP contribution in [-0.4, -0.2) is 5.11 Å². The Morgan fingerprint density at radius 2 is 1.89 bits per heavy atom. The summed E-state index contributed by atoms with van der Waals surface area (Å²) in [5, 5.41) is 21.5. The fraction of sp³-hybridized carbons (Fsp3) is 0.133. The predicted molar refractivity (Wildman–Crippen MR) is 71.3 cm³/mol. The quantitative estimate of drug-likeness (QED) is 0.863. The number of hydrogen-bond donors (Lipinski definition) is 2. The van der Waals surface area contributed by atoms with Crippen molar-refractivity contribution in [1.29, 1.82) is 5.26 Å². The maximum absolute atomic E-state index is 9.20. The van der Waals surface area contributed by atoms with Gasteiger partial charge in [0.05, 0.1) is 11.3 Å². The number of benzene rings is 2. The molecule has 0 aliphatic heterocycles. The zero-order valence-electron chi connectivity index (χ0n) is 10.1. The molecule has 0 bridgehead atoms. The van der Waals surface area contributed by atoms with Crippen molar-refractivity contribution in [2.24, 2.45) is 0 Å². The number of aryl methyl sites for hydroxylation is 1. The minimum Gasteiger partial charge on any atom is -0.508 e. The van der Waals surface area contributed by atoms with Crippen LogP contribution in [0.25, 0.3) is 0 Å². The van der Waals surface area contributed by atoms with Crippen molar-refractivity contribution in [2.45, 2.75) is 13.5 Å². The van der Waals surface area contributed by atoms with Crippen molar-refractivity contribution in [3.8, 4) is 11.8 Å². The lowest BCUT2D eigenvalue weighted by Crippen LogP contribution is -2.02. The van der Waals surface area contributed by atoms with Gasteiger partial charge in [0.2, 0.25) is 0 Å². The van der Waals surface area contributed by atoms with Crippen LogP contribution in [0.15, 0.2) is 42.5 Å². The van der Waals surface area contributed by atoms with Gasteiger partial charge in [-0.25, -0.2) is 0 Å². The standard InChI is InChI=1S/C15H14N2O/c1-11-3-2-4-13(9-16)15(11)17-10-12-5-7-14(18)8-6-12/h2-8,17-18H,10H2,1H3. The van der Waals surface area contributed by atoms with Gasteiger partial charge in [-0.05, 0) is 36.2 Å². The second-order valence-electron chi connectivity index (χ2n) is 4.13. The molecule has 0 saturated heterocycles. The molecule has 0 spiro atoms. The number of aromatic hydroxyl groups is 1. The highest BCUT2D eigenvalue weighted by Crippen LogP contribution is 2.20. The summed E-state index contributed by atoms with van der Waals surface area (Å²) in [5.41, 5.74) is 3.62. The molecule has 0 radical (unpaired) electrons. The van der Waals surface area contributed by atoms with Crippen LogP contribution in [0.1, 0.15) is 16.7 Å². The van der Waals surface area contributed by atoms with Gasteiger partial charge >= 0.3 is 0 Å². The molecule has 90 valence electrons. The Balaban J connectivity index is 2.16. The number of phenols is 1. The van der Waals surface area contributed by atoms with E-state index in [9.17, 15) is 5.11 Å². The van der Waals surface area contributed by atoms with E-state index in [2.05, 4.69) is 11.4 Å². The molecule has 0 aliphatic carbocycles. The summed E-state index contributed by atoms with van der Waals surface area (Å²) in [7, 11) is 0. The van der Waals surface area contributed by atoms with Gasteiger partial charge in [0.25, 0.3) is 0 Å². The van der Waals surface area contributed by atoms with E-state index in [1.165, 1.54) is 0 Å². The van der Waals surface area contributed by atoms with E-state index in [0.717, 1.165) is 16.8 Å². The first-order valence-electron chi connectivity index (χ1n) is 5.72. The maximum Gasteiger partial charge on any atom is 0.115 e. The molecular formula is C15H14N2O. The summed E-state index contributed by atoms with van der Waals surface area (Å²) in [6, 6.07) is 14.8. The highest BCUT2D eigenvalue weighted by molar-refractivity contribution is 5.62. The molecule has 2 N–H and O–H groups in total. The Bertz CT molecular complexity index is 582. The van der Waals surface area contributed by atoms with Crippen molar-refractivity contribution < 1.29 is 5.11 Å². The lowest BCUT2D eigenvalue weighted by atomic mass is 10.1. The van der Waals surface area contributed by atoms with Crippen molar-refractivity contribution in [3.63, 3.8) is 0 Å². The normalized spacial score (nSPS) is 9.78. The smallest absolute Gasteiger partial charge is 0.115 e. The first-order chi connectivity index (χ1) is 8.70. The van der Waals surface area contributed by atoms with Gasteiger partial charge in [0.1, 0.15) is 11.8 Å². The summed E-state index contributed by atoms with van der Waals surface area (Å²) in [4.78, 5) is 0. The predicted octanol–water partition coefficient (Wildman–Crippen LogP) is 3.18. The average Bonchev–Trinajstić information content (AvgIpc) is 2.39. The van der Waals surface area contributed by atoms with E-state index in [0.29, 0.717) is 12.1 Å². The fourth-order valence-corrected chi connectivity index (χ4v) is 1.80. The van der Waals surface area contributed by atoms with Crippen LogP contribution in [0.5, 0.6) is 5.75 Å². The molecule has 3 heteroatoms. The lowest BCUT2D eigenvalue weighted by molar-refractivity contribution is 0.475. The van der Waals surface area contributed by atoms with Crippen molar-refractivity contribution in [3.05, 3.63) is 59.2 Å². The van der Waals surface area contributed by atoms with Crippen LogP contribution in [0.2, 0.25) is 0 Å². The third-order valence-corrected chi connectivity index (χ3v) is 2.80. The molecule has 0 fully saturated rings. The molecule has 0 unspecified atom stereocenters. The van der Waals surface area contributed by atoms with Crippen LogP contribution in [0.3, 0.4) is 0 Å². The summed E-state index contributed by atoms with van der Waals surface area (Å²) >= 11 is 0. The van der Waals surface area contributed by atoms with Crippen molar-refractivity contribution >= 4 is 5.69 Å². The Kier molecular flexibility index (Phi) is 3.49. The third-order valence-electron chi connectivity index (χ3n) is 2.80. The Morgan fingerprint density at radius 3 is 2.56 bits per heavy atom. The second-order valence-corrected chi connectivity index (χ2v) is 4.13. The molecule has 3 nitrogen and oxygen atoms in total. The number of anilines is 1. The minimum absolute atomic E-state index is 0.257. The Morgan fingerprint density at radius 1 is 1.17 bits per heavy atom. The first kappa shape index (κ1) is 12.0. The zero-order chi connectivity index (χ0) is 13.0. The van der Waals surface area contributed by atoms with Crippen LogP contribution < -0.4 is 5.32 Å². The summed E-state index contributed by atoms with van der Waals surface area (Å²) in [5.74, 6) is 0.257. The number of nitrogens with one attached hydrogen (secondary N) is 1. The van der Waals surface area contributed by atoms with Gasteiger partial charge in [-0.1, -0.05) is 24.3 Å². The number of phenolic OH excluding ortho intramolecular Hbond substituents is 1. The van der Waals surface area contributed by atoms with Gasteiger partial charge in [-0.3, -0.25) is 0 Å². The van der Waals surface area contributed by atoms with E-state index in [-0.39, 0.29) is 5.75 Å². The van der Waals surface area contributed by atoms with Crippen LogP contribution in [0.4, 0.5) is 5.69 Å². The molecule has 2 aromatic carbocycles. The summed E-state index contributed by atoms with van der Waals surface area (Å²) < 4.78 is 0. The largest absolute Gasteiger partial charge is 0.508 e. The monoisotopic (exact) mass is 238 g/mol. The van der Waals surface area contributed by atoms with E-state index in [1.54, 1.807) is 18.2 Å². The summed E-state index contributed by atoms with van der Waals surface area (Å²) in [6.45, 7) is 2.60. The maximum atomic E-state index is 9.20. The number of hydrogen-bond acceptors (Lipinski definition) is 3. The first-order valence-corrected chi connectivity index (χ1v) is 5.72. The molecule has 0 aliphatic rings. The Hall–Kier alpha value is -2.47. The van der Waals surface area contributed by atoms with Gasteiger partial charge in [0, 0.05) is 6.54 Å². The second kappa shape index (κ2) is 5.24. The molecule has 0 atom stereocenters. The lowest BCUT2D eigenvalue weighted by Gasteiger charge is -2.11. The van der Waals surface area contributed by atoms with E-state index < -0.39 is 0 Å². The molecule has 0 aromatic heterocycles. The van der Waals surface area contributed by atoms with Crippen molar-refractivity contribution in [1.82, 2.24) is 0 Å². The Labute approximate surface area is 106 Å². The van der Waals surface area contributed by atoms with E-state index >= 15 is 0 Å². The van der Waals surface area contributed by atoms with Gasteiger partial charge in [-0.2, -0.15) is 5.26 Å².